The molecule has 1 heterocycles. The number of hydrogen-bond donors (Lipinski definition) is 1. The van der Waals surface area contributed by atoms with E-state index in [-0.39, 0.29) is 0 Å². The molecule has 1 N–H and O–H groups in total. The summed E-state index contributed by atoms with van der Waals surface area (Å²) in [5.74, 6) is 2.01. The summed E-state index contributed by atoms with van der Waals surface area (Å²) in [7, 11) is 2.00. The molecule has 2 aromatic rings. The Balaban J connectivity index is 1.46. The molecule has 21 heavy (non-hydrogen) atoms. The maximum absolute atomic E-state index is 10.1. The van der Waals surface area contributed by atoms with E-state index in [2.05, 4.69) is 15.0 Å². The summed E-state index contributed by atoms with van der Waals surface area (Å²) >= 11 is 0. The molecule has 5 nitrogen and oxygen atoms in total. The molecule has 0 bridgehead atoms. The second-order valence-electron chi connectivity index (χ2n) is 5.78. The molecular formula is C16H21N3O2. The molecule has 0 saturated heterocycles. The van der Waals surface area contributed by atoms with Crippen molar-refractivity contribution in [3.05, 3.63) is 47.6 Å². The monoisotopic (exact) mass is 287 g/mol. The Morgan fingerprint density at radius 3 is 2.81 bits per heavy atom. The van der Waals surface area contributed by atoms with Gasteiger partial charge in [0, 0.05) is 12.5 Å². The minimum Gasteiger partial charge on any atom is -0.388 e. The average Bonchev–Trinajstić information content (AvgIpc) is 3.26. The Morgan fingerprint density at radius 2 is 2.10 bits per heavy atom. The first-order valence-corrected chi connectivity index (χ1v) is 7.46. The molecule has 1 aromatic heterocycles. The third-order valence-corrected chi connectivity index (χ3v) is 3.79. The van der Waals surface area contributed by atoms with Gasteiger partial charge < -0.3 is 9.63 Å². The molecule has 0 aliphatic heterocycles. The van der Waals surface area contributed by atoms with Crippen molar-refractivity contribution >= 4 is 0 Å². The number of aliphatic hydroxyl groups is 1. The Kier molecular flexibility index (Phi) is 4.31. The number of aromatic nitrogens is 2. The lowest BCUT2D eigenvalue weighted by atomic mass is 10.1. The third-order valence-electron chi connectivity index (χ3n) is 3.79. The van der Waals surface area contributed by atoms with Gasteiger partial charge in [0.1, 0.15) is 0 Å². The third kappa shape index (κ3) is 3.89. The lowest BCUT2D eigenvalue weighted by molar-refractivity contribution is 0.146. The highest BCUT2D eigenvalue weighted by Crippen LogP contribution is 2.38. The fourth-order valence-corrected chi connectivity index (χ4v) is 2.33. The van der Waals surface area contributed by atoms with E-state index in [1.165, 1.54) is 12.8 Å². The number of benzene rings is 1. The van der Waals surface area contributed by atoms with Gasteiger partial charge in [-0.2, -0.15) is 4.98 Å². The van der Waals surface area contributed by atoms with Gasteiger partial charge in [0.25, 0.3) is 0 Å². The van der Waals surface area contributed by atoms with E-state index in [0.717, 1.165) is 23.8 Å². The molecule has 0 radical (unpaired) electrons. The van der Waals surface area contributed by atoms with Crippen LogP contribution in [0.2, 0.25) is 0 Å². The van der Waals surface area contributed by atoms with Gasteiger partial charge >= 0.3 is 0 Å². The van der Waals surface area contributed by atoms with E-state index in [1.807, 2.05) is 37.4 Å². The van der Waals surface area contributed by atoms with Crippen LogP contribution in [0.25, 0.3) is 0 Å². The van der Waals surface area contributed by atoms with Gasteiger partial charge in [-0.1, -0.05) is 35.5 Å². The van der Waals surface area contributed by atoms with E-state index in [0.29, 0.717) is 18.9 Å². The van der Waals surface area contributed by atoms with Crippen molar-refractivity contribution in [2.24, 2.45) is 0 Å². The van der Waals surface area contributed by atoms with Crippen LogP contribution in [0.3, 0.4) is 0 Å². The standard InChI is InChI=1S/C16H21N3O2/c1-19(10-9-14(20)12-5-3-2-4-6-12)11-15-17-16(21-18-15)13-7-8-13/h2-6,13-14,20H,7-11H2,1H3/t14-/m1/s1. The minimum absolute atomic E-state index is 0.430. The zero-order valence-electron chi connectivity index (χ0n) is 12.3. The van der Waals surface area contributed by atoms with E-state index < -0.39 is 6.10 Å². The SMILES string of the molecule is CN(CC[C@@H](O)c1ccccc1)Cc1noc(C2CC2)n1. The summed E-state index contributed by atoms with van der Waals surface area (Å²) in [6.45, 7) is 1.43. The smallest absolute Gasteiger partial charge is 0.229 e. The molecule has 1 saturated carbocycles. The highest BCUT2D eigenvalue weighted by atomic mass is 16.5. The van der Waals surface area contributed by atoms with Gasteiger partial charge in [-0.05, 0) is 31.9 Å². The van der Waals surface area contributed by atoms with E-state index in [9.17, 15) is 5.11 Å². The molecule has 3 rings (SSSR count). The summed E-state index contributed by atoms with van der Waals surface area (Å²) in [5, 5.41) is 14.2. The molecule has 1 aliphatic rings. The van der Waals surface area contributed by atoms with Crippen molar-refractivity contribution in [2.45, 2.75) is 37.8 Å². The first-order chi connectivity index (χ1) is 10.2. The minimum atomic E-state index is -0.430. The molecule has 0 amide bonds. The van der Waals surface area contributed by atoms with E-state index in [4.69, 9.17) is 4.52 Å². The number of rotatable bonds is 7. The van der Waals surface area contributed by atoms with Crippen molar-refractivity contribution in [1.82, 2.24) is 15.0 Å². The van der Waals surface area contributed by atoms with Crippen LogP contribution in [0.5, 0.6) is 0 Å². The molecular weight excluding hydrogens is 266 g/mol. The Hall–Kier alpha value is -1.72. The highest BCUT2D eigenvalue weighted by Gasteiger charge is 2.29. The van der Waals surface area contributed by atoms with Crippen molar-refractivity contribution in [3.63, 3.8) is 0 Å². The first kappa shape index (κ1) is 14.2. The molecule has 1 aliphatic carbocycles. The largest absolute Gasteiger partial charge is 0.388 e. The fourth-order valence-electron chi connectivity index (χ4n) is 2.33. The molecule has 1 aromatic carbocycles. The fraction of sp³-hybridized carbons (Fsp3) is 0.500. The normalized spacial score (nSPS) is 16.3. The Bertz CT molecular complexity index is 566. The predicted octanol–water partition coefficient (Wildman–Crippen LogP) is 2.50. The molecule has 5 heteroatoms. The van der Waals surface area contributed by atoms with Gasteiger partial charge in [0.05, 0.1) is 12.6 Å². The number of hydrogen-bond acceptors (Lipinski definition) is 5. The van der Waals surface area contributed by atoms with Gasteiger partial charge in [-0.15, -0.1) is 0 Å². The zero-order chi connectivity index (χ0) is 14.7. The lowest BCUT2D eigenvalue weighted by Gasteiger charge is -2.17. The topological polar surface area (TPSA) is 62.4 Å². The first-order valence-electron chi connectivity index (χ1n) is 7.46. The van der Waals surface area contributed by atoms with Crippen LogP contribution in [-0.4, -0.2) is 33.7 Å². The van der Waals surface area contributed by atoms with Crippen LogP contribution in [0.1, 0.15) is 48.6 Å². The van der Waals surface area contributed by atoms with Crippen molar-refractivity contribution in [2.75, 3.05) is 13.6 Å². The molecule has 1 fully saturated rings. The van der Waals surface area contributed by atoms with Crippen LogP contribution in [-0.2, 0) is 6.54 Å². The summed E-state index contributed by atoms with van der Waals surface area (Å²) in [5.41, 5.74) is 0.960. The van der Waals surface area contributed by atoms with Gasteiger partial charge in [-0.3, -0.25) is 4.90 Å². The quantitative estimate of drug-likeness (QED) is 0.847. The van der Waals surface area contributed by atoms with Crippen molar-refractivity contribution in [1.29, 1.82) is 0 Å². The van der Waals surface area contributed by atoms with Crippen LogP contribution in [0.4, 0.5) is 0 Å². The summed E-state index contributed by atoms with van der Waals surface area (Å²) in [6.07, 6.45) is 2.59. The van der Waals surface area contributed by atoms with Crippen LogP contribution in [0.15, 0.2) is 34.9 Å². The predicted molar refractivity (Wildman–Crippen MR) is 78.6 cm³/mol. The van der Waals surface area contributed by atoms with Gasteiger partial charge in [0.15, 0.2) is 5.82 Å². The average molecular weight is 287 g/mol. The van der Waals surface area contributed by atoms with Gasteiger partial charge in [-0.25, -0.2) is 0 Å². The van der Waals surface area contributed by atoms with Crippen molar-refractivity contribution in [3.8, 4) is 0 Å². The van der Waals surface area contributed by atoms with E-state index >= 15 is 0 Å². The van der Waals surface area contributed by atoms with Crippen LogP contribution in [0, 0.1) is 0 Å². The second-order valence-corrected chi connectivity index (χ2v) is 5.78. The molecule has 112 valence electrons. The summed E-state index contributed by atoms with van der Waals surface area (Å²) in [6, 6.07) is 9.75. The molecule has 0 spiro atoms. The van der Waals surface area contributed by atoms with Crippen molar-refractivity contribution < 1.29 is 9.63 Å². The molecule has 1 atom stereocenters. The maximum atomic E-state index is 10.1. The second kappa shape index (κ2) is 6.37. The highest BCUT2D eigenvalue weighted by molar-refractivity contribution is 5.17. The molecule has 0 unspecified atom stereocenters. The Morgan fingerprint density at radius 1 is 1.33 bits per heavy atom. The van der Waals surface area contributed by atoms with Crippen LogP contribution < -0.4 is 0 Å². The summed E-state index contributed by atoms with van der Waals surface area (Å²) in [4.78, 5) is 6.52. The number of nitrogens with zero attached hydrogens (tertiary/aromatic N) is 3. The zero-order valence-corrected chi connectivity index (χ0v) is 12.3. The van der Waals surface area contributed by atoms with Gasteiger partial charge in [0.2, 0.25) is 5.89 Å². The van der Waals surface area contributed by atoms with E-state index in [1.54, 1.807) is 0 Å². The lowest BCUT2D eigenvalue weighted by Crippen LogP contribution is -2.21. The maximum Gasteiger partial charge on any atom is 0.229 e. The Labute approximate surface area is 124 Å². The summed E-state index contributed by atoms with van der Waals surface area (Å²) < 4.78 is 5.25. The number of aliphatic hydroxyl groups excluding tert-OH is 1. The van der Waals surface area contributed by atoms with Crippen LogP contribution >= 0.6 is 0 Å².